The second kappa shape index (κ2) is 11.3. The number of aliphatic hydroxyl groups excluding tert-OH is 3. The van der Waals surface area contributed by atoms with Crippen LogP contribution in [0, 0.1) is 24.4 Å². The molecule has 0 saturated carbocycles. The van der Waals surface area contributed by atoms with Gasteiger partial charge in [0.15, 0.2) is 17.5 Å². The molecule has 0 aliphatic carbocycles. The summed E-state index contributed by atoms with van der Waals surface area (Å²) in [4.78, 5) is 0. The first kappa shape index (κ1) is 30.0. The molecule has 1 unspecified atom stereocenters. The van der Waals surface area contributed by atoms with Crippen LogP contribution in [0.3, 0.4) is 0 Å². The molecule has 2 aliphatic heterocycles. The van der Waals surface area contributed by atoms with Gasteiger partial charge in [-0.1, -0.05) is 29.5 Å². The van der Waals surface area contributed by atoms with E-state index in [4.69, 9.17) is 4.74 Å². The lowest BCUT2D eigenvalue weighted by Crippen LogP contribution is -2.55. The number of aryl methyl sites for hydroxylation is 1. The Kier molecular flexibility index (Phi) is 8.27. The maximum Gasteiger partial charge on any atom is 0.194 e. The van der Waals surface area contributed by atoms with Crippen molar-refractivity contribution in [2.75, 3.05) is 19.0 Å². The molecule has 2 saturated heterocycles. The zero-order chi connectivity index (χ0) is 29.7. The minimum atomic E-state index is -1.60. The van der Waals surface area contributed by atoms with Crippen LogP contribution in [0.1, 0.15) is 49.1 Å². The Bertz CT molecular complexity index is 1380. The molecule has 2 aromatic carbocycles. The van der Waals surface area contributed by atoms with E-state index in [0.717, 1.165) is 23.3 Å². The fourth-order valence-corrected chi connectivity index (χ4v) is 10.3. The highest BCUT2D eigenvalue weighted by molar-refractivity contribution is 8.18. The largest absolute Gasteiger partial charge is 0.395 e. The first-order valence-corrected chi connectivity index (χ1v) is 15.2. The smallest absolute Gasteiger partial charge is 0.194 e. The Morgan fingerprint density at radius 3 is 2.46 bits per heavy atom. The number of aliphatic hydroxyl groups is 4. The van der Waals surface area contributed by atoms with E-state index in [0.29, 0.717) is 19.4 Å². The molecule has 41 heavy (non-hydrogen) atoms. The second-order valence-electron chi connectivity index (χ2n) is 11.7. The van der Waals surface area contributed by atoms with Gasteiger partial charge in [-0.25, -0.2) is 28.7 Å². The van der Waals surface area contributed by atoms with Crippen molar-refractivity contribution in [1.82, 2.24) is 15.0 Å². The van der Waals surface area contributed by atoms with E-state index in [1.54, 1.807) is 0 Å². The number of aromatic nitrogens is 3. The fraction of sp³-hybridized carbons (Fsp3) is 0.517. The Morgan fingerprint density at radius 1 is 1.15 bits per heavy atom. The molecule has 1 aromatic heterocycles. The highest BCUT2D eigenvalue weighted by atomic mass is 32.2. The van der Waals surface area contributed by atoms with Crippen LogP contribution in [0.5, 0.6) is 0 Å². The molecule has 0 spiro atoms. The summed E-state index contributed by atoms with van der Waals surface area (Å²) in [5.41, 5.74) is 0.0172. The third-order valence-corrected chi connectivity index (χ3v) is 11.9. The summed E-state index contributed by atoms with van der Waals surface area (Å²) in [6.07, 6.45) is -0.409. The summed E-state index contributed by atoms with van der Waals surface area (Å²) < 4.78 is 48.2. The lowest BCUT2D eigenvalue weighted by atomic mass is 9.79. The van der Waals surface area contributed by atoms with Gasteiger partial charge < -0.3 is 25.2 Å². The Morgan fingerprint density at radius 2 is 1.83 bits per heavy atom. The van der Waals surface area contributed by atoms with Gasteiger partial charge in [-0.15, -0.1) is 5.10 Å². The third-order valence-electron chi connectivity index (χ3n) is 8.33. The minimum absolute atomic E-state index is 0.0205. The molecule has 4 N–H and O–H groups in total. The molecule has 2 aliphatic rings. The Balaban J connectivity index is 1.51. The average Bonchev–Trinajstić information content (AvgIpc) is 3.37. The van der Waals surface area contributed by atoms with Crippen molar-refractivity contribution in [2.45, 2.75) is 73.6 Å². The molecule has 2 fully saturated rings. The van der Waals surface area contributed by atoms with E-state index >= 15 is 0 Å². The quantitative estimate of drug-likeness (QED) is 0.219. The van der Waals surface area contributed by atoms with Crippen LogP contribution in [0.15, 0.2) is 42.6 Å². The first-order valence-electron chi connectivity index (χ1n) is 13.6. The summed E-state index contributed by atoms with van der Waals surface area (Å²) in [5, 5.41) is 52.6. The predicted octanol–water partition coefficient (Wildman–Crippen LogP) is 3.37. The van der Waals surface area contributed by atoms with Crippen molar-refractivity contribution in [3.63, 3.8) is 0 Å². The molecule has 8 nitrogen and oxygen atoms in total. The SMILES string of the molecule is Cc1ccccc1[C@H]([SH]1C[C@H](O)[C@H](n2cc(-c3cc(F)c(F)c(F)c3)nn2)[C@@H](O)[C@H]1CO)[C@@]1(O)CCOC(C)(C)C1. The van der Waals surface area contributed by atoms with Gasteiger partial charge in [-0.2, -0.15) is 0 Å². The van der Waals surface area contributed by atoms with Crippen molar-refractivity contribution in [2.24, 2.45) is 0 Å². The summed E-state index contributed by atoms with van der Waals surface area (Å²) >= 11 is 0. The zero-order valence-corrected chi connectivity index (χ0v) is 24.0. The minimum Gasteiger partial charge on any atom is -0.395 e. The lowest BCUT2D eigenvalue weighted by molar-refractivity contribution is -0.145. The van der Waals surface area contributed by atoms with Crippen LogP contribution < -0.4 is 0 Å². The van der Waals surface area contributed by atoms with Gasteiger partial charge in [-0.3, -0.25) is 0 Å². The van der Waals surface area contributed by atoms with Crippen LogP contribution >= 0.6 is 10.9 Å². The van der Waals surface area contributed by atoms with Crippen molar-refractivity contribution < 1.29 is 38.3 Å². The number of halogens is 3. The van der Waals surface area contributed by atoms with E-state index in [1.165, 1.54) is 10.9 Å². The van der Waals surface area contributed by atoms with E-state index in [1.807, 2.05) is 45.0 Å². The Hall–Kier alpha value is -2.48. The van der Waals surface area contributed by atoms with Crippen molar-refractivity contribution >= 4 is 10.9 Å². The highest BCUT2D eigenvalue weighted by Gasteiger charge is 2.53. The van der Waals surface area contributed by atoms with Crippen LogP contribution in [0.4, 0.5) is 13.2 Å². The molecule has 5 rings (SSSR count). The van der Waals surface area contributed by atoms with E-state index < -0.39 is 74.9 Å². The van der Waals surface area contributed by atoms with Gasteiger partial charge in [0, 0.05) is 34.7 Å². The van der Waals surface area contributed by atoms with Gasteiger partial charge in [0.2, 0.25) is 0 Å². The number of hydrogen-bond acceptors (Lipinski definition) is 7. The van der Waals surface area contributed by atoms with Crippen LogP contribution in [-0.2, 0) is 4.74 Å². The van der Waals surface area contributed by atoms with Gasteiger partial charge in [0.05, 0.1) is 42.8 Å². The summed E-state index contributed by atoms with van der Waals surface area (Å²) in [7, 11) is -1.41. The zero-order valence-electron chi connectivity index (χ0n) is 23.1. The Labute approximate surface area is 239 Å². The molecule has 3 heterocycles. The van der Waals surface area contributed by atoms with E-state index in [-0.39, 0.29) is 17.0 Å². The van der Waals surface area contributed by atoms with Gasteiger partial charge in [0.1, 0.15) is 11.7 Å². The highest BCUT2D eigenvalue weighted by Crippen LogP contribution is 2.60. The summed E-state index contributed by atoms with van der Waals surface area (Å²) in [6.45, 7) is 5.75. The topological polar surface area (TPSA) is 121 Å². The standard InChI is InChI=1S/C29H36F3N3O5S/c1-16-6-4-5-7-18(16)27(29(39)8-9-40-28(2,3)15-29)41-14-22(37)25(26(38)23(41)13-36)35-12-21(33-34-35)17-10-19(30)24(32)20(31)11-17/h4-7,10-12,22-23,25-27,36-39,41H,8-9,13-15H2,1-3H3/t22-,23+,25-,26-,27-,29+/m0/s1. The second-order valence-corrected chi connectivity index (χ2v) is 14.3. The number of hydrogen-bond donors (Lipinski definition) is 5. The molecular weight excluding hydrogens is 559 g/mol. The van der Waals surface area contributed by atoms with Crippen LogP contribution in [0.25, 0.3) is 11.3 Å². The maximum atomic E-state index is 13.8. The summed E-state index contributed by atoms with van der Waals surface area (Å²) in [5.74, 6) is -4.18. The molecule has 3 aromatic rings. The number of benzene rings is 2. The maximum absolute atomic E-state index is 13.8. The third kappa shape index (κ3) is 5.65. The van der Waals surface area contributed by atoms with E-state index in [9.17, 15) is 33.6 Å². The van der Waals surface area contributed by atoms with Gasteiger partial charge in [-0.05, 0) is 44.0 Å². The molecule has 0 bridgehead atoms. The number of nitrogens with zero attached hydrogens (tertiary/aromatic N) is 3. The van der Waals surface area contributed by atoms with Crippen LogP contribution in [0.2, 0.25) is 0 Å². The normalized spacial score (nSPS) is 31.6. The molecular formula is C29H36F3N3O5S. The molecule has 0 amide bonds. The average molecular weight is 596 g/mol. The monoisotopic (exact) mass is 595 g/mol. The molecule has 12 heteroatoms. The van der Waals surface area contributed by atoms with Crippen LogP contribution in [-0.4, -0.2) is 83.0 Å². The van der Waals surface area contributed by atoms with Gasteiger partial charge in [0.25, 0.3) is 0 Å². The molecule has 0 radical (unpaired) electrons. The number of thiol groups is 1. The van der Waals surface area contributed by atoms with Crippen molar-refractivity contribution in [3.8, 4) is 11.3 Å². The molecule has 7 atom stereocenters. The predicted molar refractivity (Wildman–Crippen MR) is 149 cm³/mol. The van der Waals surface area contributed by atoms with Crippen molar-refractivity contribution in [1.29, 1.82) is 0 Å². The number of ether oxygens (including phenoxy) is 1. The summed E-state index contributed by atoms with van der Waals surface area (Å²) in [6, 6.07) is 8.26. The first-order chi connectivity index (χ1) is 19.3. The molecule has 224 valence electrons. The van der Waals surface area contributed by atoms with Gasteiger partial charge >= 0.3 is 0 Å². The van der Waals surface area contributed by atoms with E-state index in [2.05, 4.69) is 10.3 Å². The lowest BCUT2D eigenvalue weighted by Gasteiger charge is -2.54. The van der Waals surface area contributed by atoms with Crippen molar-refractivity contribution in [3.05, 3.63) is 71.2 Å². The fourth-order valence-electron chi connectivity index (χ4n) is 6.50. The number of rotatable bonds is 6.